The fraction of sp³-hybridized carbons (Fsp3) is 0.636. The van der Waals surface area contributed by atoms with Gasteiger partial charge in [-0.3, -0.25) is 9.78 Å². The highest BCUT2D eigenvalue weighted by molar-refractivity contribution is 7.11. The Morgan fingerprint density at radius 3 is 3.12 bits per heavy atom. The number of carbonyl (C=O) groups excluding carboxylic acids is 1. The SMILES string of the molecule is CN(C(=O)c1cncs1)C1CCCC1CN. The molecule has 1 aliphatic rings. The van der Waals surface area contributed by atoms with Gasteiger partial charge in [-0.05, 0) is 25.3 Å². The molecule has 0 radical (unpaired) electrons. The van der Waals surface area contributed by atoms with Gasteiger partial charge in [-0.1, -0.05) is 6.42 Å². The molecule has 1 aliphatic carbocycles. The lowest BCUT2D eigenvalue weighted by Gasteiger charge is -2.28. The topological polar surface area (TPSA) is 59.2 Å². The number of rotatable bonds is 3. The molecule has 2 atom stereocenters. The van der Waals surface area contributed by atoms with E-state index >= 15 is 0 Å². The maximum Gasteiger partial charge on any atom is 0.265 e. The molecule has 5 heteroatoms. The van der Waals surface area contributed by atoms with E-state index in [0.29, 0.717) is 23.4 Å². The van der Waals surface area contributed by atoms with Gasteiger partial charge in [-0.2, -0.15) is 0 Å². The van der Waals surface area contributed by atoms with Crippen LogP contribution < -0.4 is 5.73 Å². The van der Waals surface area contributed by atoms with Gasteiger partial charge < -0.3 is 10.6 Å². The maximum absolute atomic E-state index is 12.1. The molecule has 1 aromatic rings. The van der Waals surface area contributed by atoms with Crippen molar-refractivity contribution < 1.29 is 4.79 Å². The number of hydrogen-bond donors (Lipinski definition) is 1. The summed E-state index contributed by atoms with van der Waals surface area (Å²) in [5.41, 5.74) is 7.42. The van der Waals surface area contributed by atoms with Crippen molar-refractivity contribution in [3.63, 3.8) is 0 Å². The third kappa shape index (κ3) is 2.10. The third-order valence-corrected chi connectivity index (χ3v) is 4.14. The molecule has 2 unspecified atom stereocenters. The van der Waals surface area contributed by atoms with Gasteiger partial charge in [0.05, 0.1) is 11.7 Å². The second kappa shape index (κ2) is 4.93. The molecule has 1 aromatic heterocycles. The van der Waals surface area contributed by atoms with E-state index in [1.807, 2.05) is 11.9 Å². The monoisotopic (exact) mass is 239 g/mol. The first-order chi connectivity index (χ1) is 7.74. The van der Waals surface area contributed by atoms with Crippen molar-refractivity contribution in [2.24, 2.45) is 11.7 Å². The Morgan fingerprint density at radius 2 is 2.50 bits per heavy atom. The minimum atomic E-state index is 0.0767. The van der Waals surface area contributed by atoms with Crippen molar-refractivity contribution in [2.75, 3.05) is 13.6 Å². The molecule has 88 valence electrons. The van der Waals surface area contributed by atoms with Crippen molar-refractivity contribution in [1.29, 1.82) is 0 Å². The quantitative estimate of drug-likeness (QED) is 0.866. The van der Waals surface area contributed by atoms with E-state index in [-0.39, 0.29) is 5.91 Å². The van der Waals surface area contributed by atoms with Crippen LogP contribution in [0.3, 0.4) is 0 Å². The Bertz CT molecular complexity index is 352. The zero-order valence-electron chi connectivity index (χ0n) is 9.43. The van der Waals surface area contributed by atoms with Crippen LogP contribution in [0.5, 0.6) is 0 Å². The van der Waals surface area contributed by atoms with Gasteiger partial charge in [0.2, 0.25) is 0 Å². The van der Waals surface area contributed by atoms with Crippen LogP contribution in [0.2, 0.25) is 0 Å². The molecular formula is C11H17N3OS. The number of aromatic nitrogens is 1. The number of hydrogen-bond acceptors (Lipinski definition) is 4. The Morgan fingerprint density at radius 1 is 1.69 bits per heavy atom. The van der Waals surface area contributed by atoms with E-state index in [4.69, 9.17) is 5.73 Å². The van der Waals surface area contributed by atoms with E-state index in [1.165, 1.54) is 17.8 Å². The van der Waals surface area contributed by atoms with Crippen molar-refractivity contribution >= 4 is 17.2 Å². The zero-order valence-corrected chi connectivity index (χ0v) is 10.2. The smallest absolute Gasteiger partial charge is 0.265 e. The lowest BCUT2D eigenvalue weighted by molar-refractivity contribution is 0.0704. The van der Waals surface area contributed by atoms with Crippen LogP contribution in [-0.2, 0) is 0 Å². The van der Waals surface area contributed by atoms with E-state index in [1.54, 1.807) is 11.7 Å². The van der Waals surface area contributed by atoms with Crippen LogP contribution in [0.1, 0.15) is 28.9 Å². The van der Waals surface area contributed by atoms with Gasteiger partial charge in [-0.15, -0.1) is 11.3 Å². The highest BCUT2D eigenvalue weighted by Gasteiger charge is 2.32. The molecule has 16 heavy (non-hydrogen) atoms. The number of carbonyl (C=O) groups is 1. The predicted octanol–water partition coefficient (Wildman–Crippen LogP) is 1.34. The summed E-state index contributed by atoms with van der Waals surface area (Å²) < 4.78 is 0. The summed E-state index contributed by atoms with van der Waals surface area (Å²) >= 11 is 1.39. The average molecular weight is 239 g/mol. The Balaban J connectivity index is 2.07. The van der Waals surface area contributed by atoms with E-state index in [9.17, 15) is 4.79 Å². The summed E-state index contributed by atoms with van der Waals surface area (Å²) in [6.07, 6.45) is 5.02. The van der Waals surface area contributed by atoms with Crippen LogP contribution in [0.15, 0.2) is 11.7 Å². The third-order valence-electron chi connectivity index (χ3n) is 3.38. The van der Waals surface area contributed by atoms with E-state index in [2.05, 4.69) is 4.98 Å². The van der Waals surface area contributed by atoms with Crippen LogP contribution in [0, 0.1) is 5.92 Å². The minimum Gasteiger partial charge on any atom is -0.338 e. The molecule has 0 aromatic carbocycles. The molecule has 1 amide bonds. The lowest BCUT2D eigenvalue weighted by atomic mass is 10.0. The van der Waals surface area contributed by atoms with Gasteiger partial charge in [0.1, 0.15) is 4.88 Å². The molecule has 2 rings (SSSR count). The second-order valence-electron chi connectivity index (χ2n) is 4.28. The first kappa shape index (κ1) is 11.5. The molecule has 1 fully saturated rings. The van der Waals surface area contributed by atoms with Crippen molar-refractivity contribution in [2.45, 2.75) is 25.3 Å². The lowest BCUT2D eigenvalue weighted by Crippen LogP contribution is -2.41. The largest absolute Gasteiger partial charge is 0.338 e. The number of thiazole rings is 1. The molecular weight excluding hydrogens is 222 g/mol. The van der Waals surface area contributed by atoms with Crippen LogP contribution >= 0.6 is 11.3 Å². The highest BCUT2D eigenvalue weighted by Crippen LogP contribution is 2.29. The summed E-state index contributed by atoms with van der Waals surface area (Å²) in [7, 11) is 1.88. The minimum absolute atomic E-state index is 0.0767. The standard InChI is InChI=1S/C11H17N3OS/c1-14(9-4-2-3-8(9)5-12)11(15)10-6-13-7-16-10/h6-9H,2-5,12H2,1H3. The summed E-state index contributed by atoms with van der Waals surface area (Å²) in [6, 6.07) is 0.305. The van der Waals surface area contributed by atoms with Gasteiger partial charge in [0, 0.05) is 13.1 Å². The Kier molecular flexibility index (Phi) is 3.56. The molecule has 2 N–H and O–H groups in total. The van der Waals surface area contributed by atoms with Crippen LogP contribution in [0.25, 0.3) is 0 Å². The first-order valence-corrected chi connectivity index (χ1v) is 6.47. The van der Waals surface area contributed by atoms with Crippen molar-refractivity contribution in [1.82, 2.24) is 9.88 Å². The van der Waals surface area contributed by atoms with E-state index < -0.39 is 0 Å². The number of nitrogens with zero attached hydrogens (tertiary/aromatic N) is 2. The number of amides is 1. The van der Waals surface area contributed by atoms with Crippen molar-refractivity contribution in [3.8, 4) is 0 Å². The number of nitrogens with two attached hydrogens (primary N) is 1. The molecule has 4 nitrogen and oxygen atoms in total. The molecule has 0 bridgehead atoms. The molecule has 1 saturated carbocycles. The van der Waals surface area contributed by atoms with Crippen LogP contribution in [0.4, 0.5) is 0 Å². The van der Waals surface area contributed by atoms with Gasteiger partial charge >= 0.3 is 0 Å². The molecule has 1 heterocycles. The maximum atomic E-state index is 12.1. The molecule has 0 saturated heterocycles. The normalized spacial score (nSPS) is 24.6. The second-order valence-corrected chi connectivity index (χ2v) is 5.16. The van der Waals surface area contributed by atoms with Gasteiger partial charge in [-0.25, -0.2) is 0 Å². The van der Waals surface area contributed by atoms with Gasteiger partial charge in [0.15, 0.2) is 0 Å². The summed E-state index contributed by atoms with van der Waals surface area (Å²) in [6.45, 7) is 0.672. The highest BCUT2D eigenvalue weighted by atomic mass is 32.1. The average Bonchev–Trinajstić information content (AvgIpc) is 2.97. The van der Waals surface area contributed by atoms with Gasteiger partial charge in [0.25, 0.3) is 5.91 Å². The molecule has 0 spiro atoms. The summed E-state index contributed by atoms with van der Waals surface area (Å²) in [5, 5.41) is 0. The fourth-order valence-electron chi connectivity index (χ4n) is 2.45. The fourth-order valence-corrected chi connectivity index (χ4v) is 3.05. The van der Waals surface area contributed by atoms with Crippen LogP contribution in [-0.4, -0.2) is 35.4 Å². The van der Waals surface area contributed by atoms with Crippen molar-refractivity contribution in [3.05, 3.63) is 16.6 Å². The first-order valence-electron chi connectivity index (χ1n) is 5.59. The Hall–Kier alpha value is -0.940. The van der Waals surface area contributed by atoms with E-state index in [0.717, 1.165) is 12.8 Å². The molecule has 0 aliphatic heterocycles. The summed E-state index contributed by atoms with van der Waals surface area (Å²) in [5.74, 6) is 0.537. The predicted molar refractivity (Wildman–Crippen MR) is 64.4 cm³/mol. The zero-order chi connectivity index (χ0) is 11.5. The Labute approximate surface area is 99.5 Å². The summed E-state index contributed by atoms with van der Waals surface area (Å²) in [4.78, 5) is 18.6.